The highest BCUT2D eigenvalue weighted by molar-refractivity contribution is 7.13. The predicted octanol–water partition coefficient (Wildman–Crippen LogP) is 3.99. The molecule has 0 aliphatic carbocycles. The second kappa shape index (κ2) is 7.36. The van der Waals surface area contributed by atoms with Crippen LogP contribution < -0.4 is 10.2 Å². The minimum Gasteiger partial charge on any atom is -0.346 e. The maximum Gasteiger partial charge on any atom is 0.321 e. The maximum atomic E-state index is 13.8. The zero-order valence-corrected chi connectivity index (χ0v) is 14.8. The van der Waals surface area contributed by atoms with Crippen LogP contribution in [0.4, 0.5) is 20.0 Å². The summed E-state index contributed by atoms with van der Waals surface area (Å²) in [6.45, 7) is 4.71. The summed E-state index contributed by atoms with van der Waals surface area (Å²) in [4.78, 5) is 20.8. The van der Waals surface area contributed by atoms with E-state index in [1.54, 1.807) is 16.2 Å². The number of benzene rings is 1. The molecular weight excluding hydrogens is 351 g/mol. The molecule has 1 aromatic carbocycles. The molecule has 2 amide bonds. The zero-order chi connectivity index (χ0) is 17.1. The van der Waals surface area contributed by atoms with E-state index in [4.69, 9.17) is 11.6 Å². The molecule has 1 N–H and O–H groups in total. The van der Waals surface area contributed by atoms with E-state index in [1.807, 2.05) is 12.3 Å². The van der Waals surface area contributed by atoms with Crippen molar-refractivity contribution in [3.63, 3.8) is 0 Å². The number of amides is 2. The predicted molar refractivity (Wildman–Crippen MR) is 95.7 cm³/mol. The summed E-state index contributed by atoms with van der Waals surface area (Å²) in [6.07, 6.45) is 0.837. The van der Waals surface area contributed by atoms with Crippen molar-refractivity contribution in [2.75, 3.05) is 36.4 Å². The highest BCUT2D eigenvalue weighted by atomic mass is 35.5. The summed E-state index contributed by atoms with van der Waals surface area (Å²) in [5.74, 6) is -0.498. The Kier molecular flexibility index (Phi) is 5.20. The smallest absolute Gasteiger partial charge is 0.321 e. The molecule has 24 heavy (non-hydrogen) atoms. The number of hydrogen-bond donors (Lipinski definition) is 1. The van der Waals surface area contributed by atoms with Gasteiger partial charge in [0, 0.05) is 36.6 Å². The summed E-state index contributed by atoms with van der Waals surface area (Å²) in [7, 11) is 0. The molecule has 0 unspecified atom stereocenters. The number of nitrogens with one attached hydrogen (secondary N) is 1. The number of aryl methyl sites for hydroxylation is 1. The Labute approximate surface area is 149 Å². The van der Waals surface area contributed by atoms with Crippen molar-refractivity contribution in [3.8, 4) is 0 Å². The molecule has 0 atom stereocenters. The molecule has 2 heterocycles. The fourth-order valence-electron chi connectivity index (χ4n) is 2.59. The standard InChI is InChI=1S/C16H18ClFN4OS/c1-11-10-24-16(19-11)22-6-2-5-21(7-8-22)15(23)20-14-9-12(17)3-4-13(14)18/h3-4,9-10H,2,5-8H2,1H3,(H,20,23). The summed E-state index contributed by atoms with van der Waals surface area (Å²) < 4.78 is 13.8. The first kappa shape index (κ1) is 17.0. The van der Waals surface area contributed by atoms with Crippen LogP contribution in [0, 0.1) is 12.7 Å². The zero-order valence-electron chi connectivity index (χ0n) is 13.3. The van der Waals surface area contributed by atoms with Crippen LogP contribution in [-0.2, 0) is 0 Å². The van der Waals surface area contributed by atoms with Gasteiger partial charge in [0.15, 0.2) is 5.13 Å². The van der Waals surface area contributed by atoms with Gasteiger partial charge in [0.2, 0.25) is 0 Å². The number of carbonyl (C=O) groups is 1. The quantitative estimate of drug-likeness (QED) is 0.872. The third-order valence-electron chi connectivity index (χ3n) is 3.83. The Hall–Kier alpha value is -1.86. The minimum atomic E-state index is -0.498. The third-order valence-corrected chi connectivity index (χ3v) is 5.08. The number of hydrogen-bond acceptors (Lipinski definition) is 4. The molecule has 1 aliphatic heterocycles. The molecule has 128 valence electrons. The van der Waals surface area contributed by atoms with Crippen LogP contribution in [0.15, 0.2) is 23.6 Å². The van der Waals surface area contributed by atoms with Crippen molar-refractivity contribution in [3.05, 3.63) is 40.1 Å². The number of nitrogens with zero attached hydrogens (tertiary/aromatic N) is 3. The van der Waals surface area contributed by atoms with Crippen LogP contribution >= 0.6 is 22.9 Å². The van der Waals surface area contributed by atoms with Crippen LogP contribution in [0.5, 0.6) is 0 Å². The van der Waals surface area contributed by atoms with Gasteiger partial charge in [0.25, 0.3) is 0 Å². The lowest BCUT2D eigenvalue weighted by molar-refractivity contribution is 0.215. The number of halogens is 2. The van der Waals surface area contributed by atoms with E-state index < -0.39 is 5.82 Å². The lowest BCUT2D eigenvalue weighted by Crippen LogP contribution is -2.38. The van der Waals surface area contributed by atoms with Crippen molar-refractivity contribution in [2.45, 2.75) is 13.3 Å². The van der Waals surface area contributed by atoms with Gasteiger partial charge in [0.05, 0.1) is 11.4 Å². The van der Waals surface area contributed by atoms with Gasteiger partial charge in [-0.2, -0.15) is 0 Å². The first-order chi connectivity index (χ1) is 11.5. The molecule has 3 rings (SSSR count). The number of carbonyl (C=O) groups excluding carboxylic acids is 1. The maximum absolute atomic E-state index is 13.8. The SMILES string of the molecule is Cc1csc(N2CCCN(C(=O)Nc3cc(Cl)ccc3F)CC2)n1. The van der Waals surface area contributed by atoms with Gasteiger partial charge in [-0.25, -0.2) is 14.2 Å². The summed E-state index contributed by atoms with van der Waals surface area (Å²) in [5.41, 5.74) is 1.11. The fraction of sp³-hybridized carbons (Fsp3) is 0.375. The van der Waals surface area contributed by atoms with E-state index in [0.717, 1.165) is 23.8 Å². The van der Waals surface area contributed by atoms with E-state index in [9.17, 15) is 9.18 Å². The van der Waals surface area contributed by atoms with Crippen LogP contribution in [-0.4, -0.2) is 42.1 Å². The van der Waals surface area contributed by atoms with Gasteiger partial charge in [-0.1, -0.05) is 11.6 Å². The van der Waals surface area contributed by atoms with Gasteiger partial charge in [-0.05, 0) is 31.5 Å². The molecule has 0 bridgehead atoms. The fourth-order valence-corrected chi connectivity index (χ4v) is 3.62. The Bertz CT molecular complexity index is 739. The van der Waals surface area contributed by atoms with E-state index in [-0.39, 0.29) is 11.7 Å². The Morgan fingerprint density at radius 3 is 2.92 bits per heavy atom. The lowest BCUT2D eigenvalue weighted by Gasteiger charge is -2.22. The lowest BCUT2D eigenvalue weighted by atomic mass is 10.3. The normalized spacial score (nSPS) is 15.3. The molecule has 5 nitrogen and oxygen atoms in total. The Morgan fingerprint density at radius 1 is 1.33 bits per heavy atom. The number of aromatic nitrogens is 1. The Morgan fingerprint density at radius 2 is 2.17 bits per heavy atom. The van der Waals surface area contributed by atoms with E-state index in [2.05, 4.69) is 15.2 Å². The van der Waals surface area contributed by atoms with Gasteiger partial charge in [0.1, 0.15) is 5.82 Å². The second-order valence-electron chi connectivity index (χ2n) is 5.65. The average Bonchev–Trinajstić information content (AvgIpc) is 2.83. The molecule has 1 aromatic heterocycles. The van der Waals surface area contributed by atoms with Gasteiger partial charge < -0.3 is 15.1 Å². The topological polar surface area (TPSA) is 48.5 Å². The van der Waals surface area contributed by atoms with Crippen molar-refractivity contribution in [1.29, 1.82) is 0 Å². The summed E-state index contributed by atoms with van der Waals surface area (Å²) >= 11 is 7.47. The van der Waals surface area contributed by atoms with Crippen LogP contribution in [0.2, 0.25) is 5.02 Å². The van der Waals surface area contributed by atoms with Gasteiger partial charge in [-0.15, -0.1) is 11.3 Å². The van der Waals surface area contributed by atoms with Crippen molar-refractivity contribution in [1.82, 2.24) is 9.88 Å². The second-order valence-corrected chi connectivity index (χ2v) is 6.93. The molecule has 8 heteroatoms. The van der Waals surface area contributed by atoms with Crippen LogP contribution in [0.3, 0.4) is 0 Å². The first-order valence-corrected chi connectivity index (χ1v) is 8.97. The summed E-state index contributed by atoms with van der Waals surface area (Å²) in [5, 5.41) is 5.99. The highest BCUT2D eigenvalue weighted by Gasteiger charge is 2.21. The van der Waals surface area contributed by atoms with Crippen molar-refractivity contribution >= 4 is 39.8 Å². The van der Waals surface area contributed by atoms with Gasteiger partial charge >= 0.3 is 6.03 Å². The monoisotopic (exact) mass is 368 g/mol. The number of rotatable bonds is 2. The van der Waals surface area contributed by atoms with Gasteiger partial charge in [-0.3, -0.25) is 0 Å². The molecule has 1 saturated heterocycles. The van der Waals surface area contributed by atoms with E-state index in [0.29, 0.717) is 24.7 Å². The van der Waals surface area contributed by atoms with E-state index >= 15 is 0 Å². The first-order valence-electron chi connectivity index (χ1n) is 7.71. The summed E-state index contributed by atoms with van der Waals surface area (Å²) in [6, 6.07) is 3.80. The van der Waals surface area contributed by atoms with Crippen LogP contribution in [0.25, 0.3) is 0 Å². The number of anilines is 2. The molecule has 0 radical (unpaired) electrons. The molecule has 0 spiro atoms. The highest BCUT2D eigenvalue weighted by Crippen LogP contribution is 2.23. The Balaban J connectivity index is 1.63. The third kappa shape index (κ3) is 3.96. The average molecular weight is 369 g/mol. The molecule has 2 aromatic rings. The molecule has 1 fully saturated rings. The minimum absolute atomic E-state index is 0.101. The molecule has 0 saturated carbocycles. The number of urea groups is 1. The number of thiazole rings is 1. The molecule has 1 aliphatic rings. The molecular formula is C16H18ClFN4OS. The largest absolute Gasteiger partial charge is 0.346 e. The van der Waals surface area contributed by atoms with Crippen molar-refractivity contribution in [2.24, 2.45) is 0 Å². The van der Waals surface area contributed by atoms with Crippen LogP contribution in [0.1, 0.15) is 12.1 Å². The van der Waals surface area contributed by atoms with E-state index in [1.165, 1.54) is 18.2 Å². The van der Waals surface area contributed by atoms with Crippen molar-refractivity contribution < 1.29 is 9.18 Å².